The van der Waals surface area contributed by atoms with Gasteiger partial charge in [0.15, 0.2) is 5.43 Å². The van der Waals surface area contributed by atoms with E-state index in [-0.39, 0.29) is 5.43 Å². The topological polar surface area (TPSA) is 53.1 Å². The van der Waals surface area contributed by atoms with Gasteiger partial charge in [0, 0.05) is 23.5 Å². The highest BCUT2D eigenvalue weighted by Gasteiger charge is 2.67. The van der Waals surface area contributed by atoms with E-state index in [1.165, 1.54) is 6.42 Å². The molecule has 0 amide bonds. The Labute approximate surface area is 88.1 Å². The Morgan fingerprint density at radius 1 is 1.47 bits per heavy atom. The number of aliphatic hydroxyl groups is 1. The van der Waals surface area contributed by atoms with Gasteiger partial charge >= 0.3 is 0 Å². The normalized spacial score (nSPS) is 37.7. The van der Waals surface area contributed by atoms with Gasteiger partial charge in [0.1, 0.15) is 5.60 Å². The Morgan fingerprint density at radius 3 is 2.73 bits per heavy atom. The van der Waals surface area contributed by atoms with Crippen molar-refractivity contribution in [2.24, 2.45) is 11.8 Å². The quantitative estimate of drug-likeness (QED) is 0.726. The highest BCUT2D eigenvalue weighted by molar-refractivity contribution is 5.32. The first-order valence-electron chi connectivity index (χ1n) is 5.56. The number of aryl methyl sites for hydroxylation is 1. The Morgan fingerprint density at radius 2 is 2.13 bits per heavy atom. The first-order valence-corrected chi connectivity index (χ1v) is 5.56. The van der Waals surface area contributed by atoms with E-state index in [0.717, 1.165) is 18.5 Å². The summed E-state index contributed by atoms with van der Waals surface area (Å²) in [6, 6.07) is 1.57. The Hall–Kier alpha value is -1.09. The van der Waals surface area contributed by atoms with Gasteiger partial charge in [-0.25, -0.2) is 0 Å². The molecule has 3 nitrogen and oxygen atoms in total. The van der Waals surface area contributed by atoms with E-state index >= 15 is 0 Å². The van der Waals surface area contributed by atoms with Crippen LogP contribution in [0.4, 0.5) is 0 Å². The summed E-state index contributed by atoms with van der Waals surface area (Å²) < 4.78 is 0. The molecule has 2 unspecified atom stereocenters. The van der Waals surface area contributed by atoms with Gasteiger partial charge in [-0.2, -0.15) is 0 Å². The molecule has 2 aliphatic carbocycles. The third-order valence-corrected chi connectivity index (χ3v) is 4.03. The number of rotatable bonds is 1. The van der Waals surface area contributed by atoms with E-state index in [9.17, 15) is 9.90 Å². The number of aromatic nitrogens is 1. The van der Waals surface area contributed by atoms with E-state index in [1.807, 2.05) is 6.92 Å². The third-order valence-electron chi connectivity index (χ3n) is 4.03. The zero-order valence-electron chi connectivity index (χ0n) is 8.79. The number of hydrogen-bond donors (Lipinski definition) is 2. The van der Waals surface area contributed by atoms with Crippen molar-refractivity contribution in [3.05, 3.63) is 33.7 Å². The molecule has 3 rings (SSSR count). The summed E-state index contributed by atoms with van der Waals surface area (Å²) in [5.74, 6) is 0.669. The molecule has 0 saturated heterocycles. The molecule has 2 atom stereocenters. The summed E-state index contributed by atoms with van der Waals surface area (Å²) >= 11 is 0. The van der Waals surface area contributed by atoms with Crippen LogP contribution in [0.2, 0.25) is 0 Å². The molecule has 0 bridgehead atoms. The van der Waals surface area contributed by atoms with Crippen molar-refractivity contribution in [1.82, 2.24) is 4.98 Å². The van der Waals surface area contributed by atoms with Crippen LogP contribution >= 0.6 is 0 Å². The van der Waals surface area contributed by atoms with Crippen molar-refractivity contribution in [2.75, 3.05) is 0 Å². The van der Waals surface area contributed by atoms with E-state index in [4.69, 9.17) is 0 Å². The van der Waals surface area contributed by atoms with Gasteiger partial charge in [-0.15, -0.1) is 0 Å². The van der Waals surface area contributed by atoms with Crippen LogP contribution in [0.3, 0.4) is 0 Å². The molecular weight excluding hydrogens is 190 g/mol. The third kappa shape index (κ3) is 1.07. The van der Waals surface area contributed by atoms with Gasteiger partial charge in [0.05, 0.1) is 0 Å². The lowest BCUT2D eigenvalue weighted by atomic mass is 10.0. The molecule has 80 valence electrons. The molecule has 2 fully saturated rings. The molecule has 2 saturated carbocycles. The van der Waals surface area contributed by atoms with Crippen molar-refractivity contribution < 1.29 is 5.11 Å². The number of fused-ring (bicyclic) bond motifs is 1. The SMILES string of the molecule is Cc1cc(=O)c(C2(O)C3CCCC32)c[nH]1. The summed E-state index contributed by atoms with van der Waals surface area (Å²) in [6.45, 7) is 1.85. The molecule has 2 N–H and O–H groups in total. The van der Waals surface area contributed by atoms with E-state index < -0.39 is 5.60 Å². The summed E-state index contributed by atoms with van der Waals surface area (Å²) in [5.41, 5.74) is 0.587. The standard InChI is InChI=1S/C12H15NO2/c1-7-5-11(14)10(6-13-7)12(15)8-3-2-4-9(8)12/h5-6,8-9,15H,2-4H2,1H3,(H,13,14). The summed E-state index contributed by atoms with van der Waals surface area (Å²) in [4.78, 5) is 14.8. The lowest BCUT2D eigenvalue weighted by Crippen LogP contribution is -2.23. The van der Waals surface area contributed by atoms with E-state index in [1.54, 1.807) is 12.3 Å². The molecule has 1 aromatic heterocycles. The van der Waals surface area contributed by atoms with Crippen LogP contribution in [0, 0.1) is 18.8 Å². The minimum Gasteiger partial charge on any atom is -0.384 e. The monoisotopic (exact) mass is 205 g/mol. The fourth-order valence-electron chi connectivity index (χ4n) is 3.21. The van der Waals surface area contributed by atoms with E-state index in [0.29, 0.717) is 17.4 Å². The number of aromatic amines is 1. The summed E-state index contributed by atoms with van der Waals surface area (Å²) in [7, 11) is 0. The number of hydrogen-bond acceptors (Lipinski definition) is 2. The smallest absolute Gasteiger partial charge is 0.187 e. The maximum absolute atomic E-state index is 11.8. The second-order valence-electron chi connectivity index (χ2n) is 4.86. The molecule has 0 aromatic carbocycles. The first kappa shape index (κ1) is 9.16. The Balaban J connectivity index is 2.04. The molecular formula is C12H15NO2. The number of pyridine rings is 1. The maximum Gasteiger partial charge on any atom is 0.187 e. The van der Waals surface area contributed by atoms with Gasteiger partial charge in [0.2, 0.25) is 0 Å². The van der Waals surface area contributed by atoms with Crippen LogP contribution in [-0.2, 0) is 5.60 Å². The molecule has 1 aromatic rings. The summed E-state index contributed by atoms with van der Waals surface area (Å²) in [6.07, 6.45) is 5.01. The van der Waals surface area contributed by atoms with Crippen LogP contribution in [-0.4, -0.2) is 10.1 Å². The van der Waals surface area contributed by atoms with Gasteiger partial charge in [0.25, 0.3) is 0 Å². The molecule has 3 heteroatoms. The van der Waals surface area contributed by atoms with Crippen LogP contribution in [0.5, 0.6) is 0 Å². The first-order chi connectivity index (χ1) is 7.14. The Kier molecular flexibility index (Phi) is 1.67. The molecule has 1 heterocycles. The highest BCUT2D eigenvalue weighted by atomic mass is 16.3. The average molecular weight is 205 g/mol. The fourth-order valence-corrected chi connectivity index (χ4v) is 3.21. The predicted molar refractivity (Wildman–Crippen MR) is 56.5 cm³/mol. The van der Waals surface area contributed by atoms with Gasteiger partial charge in [-0.05, 0) is 31.6 Å². The molecule has 0 aliphatic heterocycles. The lowest BCUT2D eigenvalue weighted by molar-refractivity contribution is 0.104. The molecule has 2 aliphatic rings. The molecule has 0 radical (unpaired) electrons. The number of nitrogens with one attached hydrogen (secondary N) is 1. The van der Waals surface area contributed by atoms with Crippen molar-refractivity contribution in [3.8, 4) is 0 Å². The fraction of sp³-hybridized carbons (Fsp3) is 0.583. The van der Waals surface area contributed by atoms with Crippen molar-refractivity contribution in [1.29, 1.82) is 0 Å². The highest BCUT2D eigenvalue weighted by Crippen LogP contribution is 2.65. The van der Waals surface area contributed by atoms with Gasteiger partial charge < -0.3 is 10.1 Å². The van der Waals surface area contributed by atoms with Gasteiger partial charge in [-0.3, -0.25) is 4.79 Å². The average Bonchev–Trinajstić information content (AvgIpc) is 2.63. The second-order valence-corrected chi connectivity index (χ2v) is 4.86. The maximum atomic E-state index is 11.8. The predicted octanol–water partition coefficient (Wildman–Crippen LogP) is 1.30. The van der Waals surface area contributed by atoms with Crippen LogP contribution in [0.1, 0.15) is 30.5 Å². The van der Waals surface area contributed by atoms with E-state index in [2.05, 4.69) is 4.98 Å². The largest absolute Gasteiger partial charge is 0.384 e. The second kappa shape index (κ2) is 2.73. The minimum atomic E-state index is -0.806. The minimum absolute atomic E-state index is 0.0249. The molecule has 15 heavy (non-hydrogen) atoms. The van der Waals surface area contributed by atoms with Crippen LogP contribution in [0.25, 0.3) is 0 Å². The van der Waals surface area contributed by atoms with Crippen LogP contribution in [0.15, 0.2) is 17.1 Å². The zero-order chi connectivity index (χ0) is 10.6. The van der Waals surface area contributed by atoms with Crippen molar-refractivity contribution in [3.63, 3.8) is 0 Å². The Bertz CT molecular complexity index is 453. The van der Waals surface area contributed by atoms with Crippen molar-refractivity contribution in [2.45, 2.75) is 31.8 Å². The van der Waals surface area contributed by atoms with Crippen molar-refractivity contribution >= 4 is 0 Å². The lowest BCUT2D eigenvalue weighted by Gasteiger charge is -2.13. The summed E-state index contributed by atoms with van der Waals surface area (Å²) in [5, 5.41) is 10.4. The number of H-pyrrole nitrogens is 1. The van der Waals surface area contributed by atoms with Crippen LogP contribution < -0.4 is 5.43 Å². The molecule has 0 spiro atoms. The van der Waals surface area contributed by atoms with Gasteiger partial charge in [-0.1, -0.05) is 6.42 Å². The zero-order valence-corrected chi connectivity index (χ0v) is 8.79.